The third kappa shape index (κ3) is 0.827. The zero-order valence-electron chi connectivity index (χ0n) is 6.08. The van der Waals surface area contributed by atoms with Crippen LogP contribution in [0.2, 0.25) is 0 Å². The minimum absolute atomic E-state index is 0.00694. The van der Waals surface area contributed by atoms with Gasteiger partial charge in [-0.2, -0.15) is 0 Å². The average Bonchev–Trinajstić information content (AvgIpc) is 2.30. The Labute approximate surface area is 65.3 Å². The van der Waals surface area contributed by atoms with Crippen LogP contribution in [0.1, 0.15) is 0 Å². The normalized spacial score (nSPS) is 33.8. The van der Waals surface area contributed by atoms with Crippen molar-refractivity contribution >= 4 is 5.91 Å². The van der Waals surface area contributed by atoms with Gasteiger partial charge in [0.2, 0.25) is 5.91 Å². The quantitative estimate of drug-likeness (QED) is 0.544. The number of rotatable bonds is 0. The summed E-state index contributed by atoms with van der Waals surface area (Å²) in [6.07, 6.45) is 7.77. The van der Waals surface area contributed by atoms with Gasteiger partial charge in [0.25, 0.3) is 0 Å². The second-order valence-electron chi connectivity index (χ2n) is 2.84. The molecule has 1 heterocycles. The monoisotopic (exact) mass is 147 g/mol. The van der Waals surface area contributed by atoms with E-state index in [0.29, 0.717) is 0 Å². The van der Waals surface area contributed by atoms with E-state index in [-0.39, 0.29) is 17.7 Å². The van der Waals surface area contributed by atoms with Gasteiger partial charge in [-0.15, -0.1) is 0 Å². The molecule has 2 nitrogen and oxygen atoms in total. The van der Waals surface area contributed by atoms with E-state index in [1.807, 2.05) is 24.3 Å². The predicted molar refractivity (Wildman–Crippen MR) is 42.5 cm³/mol. The smallest absolute Gasteiger partial charge is 0.232 e. The highest BCUT2D eigenvalue weighted by molar-refractivity contribution is 5.86. The lowest BCUT2D eigenvalue weighted by atomic mass is 9.90. The fourth-order valence-corrected chi connectivity index (χ4v) is 1.52. The maximum absolute atomic E-state index is 11.2. The molecule has 1 saturated heterocycles. The molecular formula is C9H9NO. The number of hydrogen-bond donors (Lipinski definition) is 1. The summed E-state index contributed by atoms with van der Waals surface area (Å²) >= 11 is 0. The third-order valence-corrected chi connectivity index (χ3v) is 2.12. The van der Waals surface area contributed by atoms with Crippen LogP contribution in [0.3, 0.4) is 0 Å². The molecule has 1 aliphatic heterocycles. The van der Waals surface area contributed by atoms with Crippen LogP contribution in [0.15, 0.2) is 36.6 Å². The fraction of sp³-hybridized carbons (Fsp3) is 0.222. The summed E-state index contributed by atoms with van der Waals surface area (Å²) in [5, 5.41) is 2.72. The fourth-order valence-electron chi connectivity index (χ4n) is 1.52. The molecule has 0 saturated carbocycles. The van der Waals surface area contributed by atoms with E-state index in [4.69, 9.17) is 0 Å². The first-order valence-corrected chi connectivity index (χ1v) is 3.64. The average molecular weight is 147 g/mol. The number of carbonyl (C=O) groups is 1. The summed E-state index contributed by atoms with van der Waals surface area (Å²) in [7, 11) is 0. The van der Waals surface area contributed by atoms with Crippen LogP contribution in [0.25, 0.3) is 0 Å². The van der Waals surface area contributed by atoms with Crippen LogP contribution in [-0.2, 0) is 4.79 Å². The Kier molecular flexibility index (Phi) is 1.22. The van der Waals surface area contributed by atoms with Crippen LogP contribution < -0.4 is 5.32 Å². The number of hydrogen-bond acceptors (Lipinski definition) is 1. The van der Waals surface area contributed by atoms with Crippen molar-refractivity contribution in [3.63, 3.8) is 0 Å². The van der Waals surface area contributed by atoms with E-state index >= 15 is 0 Å². The highest BCUT2D eigenvalue weighted by Crippen LogP contribution is 2.29. The Morgan fingerprint density at radius 2 is 1.91 bits per heavy atom. The molecule has 0 aromatic rings. The Morgan fingerprint density at radius 3 is 2.55 bits per heavy atom. The second-order valence-corrected chi connectivity index (χ2v) is 2.84. The van der Waals surface area contributed by atoms with Gasteiger partial charge in [-0.1, -0.05) is 30.9 Å². The highest BCUT2D eigenvalue weighted by Gasteiger charge is 2.34. The molecule has 0 radical (unpaired) electrons. The summed E-state index contributed by atoms with van der Waals surface area (Å²) in [6.45, 7) is 3.77. The van der Waals surface area contributed by atoms with Gasteiger partial charge in [-0.05, 0) is 0 Å². The topological polar surface area (TPSA) is 29.1 Å². The Morgan fingerprint density at radius 1 is 1.27 bits per heavy atom. The Bertz CT molecular complexity index is 247. The van der Waals surface area contributed by atoms with Crippen molar-refractivity contribution in [2.45, 2.75) is 0 Å². The Balaban J connectivity index is 2.37. The summed E-state index contributed by atoms with van der Waals surface area (Å²) in [5.74, 6) is 0.251. The SMILES string of the molecule is C=C1NC(=O)C2C=CC=CC12. The first-order valence-electron chi connectivity index (χ1n) is 3.64. The van der Waals surface area contributed by atoms with E-state index in [9.17, 15) is 4.79 Å². The van der Waals surface area contributed by atoms with Gasteiger partial charge in [-0.3, -0.25) is 4.79 Å². The van der Waals surface area contributed by atoms with Gasteiger partial charge in [0.05, 0.1) is 5.92 Å². The zero-order valence-corrected chi connectivity index (χ0v) is 6.08. The van der Waals surface area contributed by atoms with Crippen LogP contribution in [0.4, 0.5) is 0 Å². The molecule has 0 aromatic carbocycles. The predicted octanol–water partition coefficient (Wildman–Crippen LogP) is 0.988. The molecule has 11 heavy (non-hydrogen) atoms. The lowest BCUT2D eigenvalue weighted by Crippen LogP contribution is -2.17. The van der Waals surface area contributed by atoms with Gasteiger partial charge in [-0.25, -0.2) is 0 Å². The third-order valence-electron chi connectivity index (χ3n) is 2.12. The molecule has 0 bridgehead atoms. The van der Waals surface area contributed by atoms with Crippen molar-refractivity contribution < 1.29 is 4.79 Å². The second kappa shape index (κ2) is 2.09. The van der Waals surface area contributed by atoms with Gasteiger partial charge in [0, 0.05) is 11.6 Å². The highest BCUT2D eigenvalue weighted by atomic mass is 16.2. The molecule has 56 valence electrons. The molecular weight excluding hydrogens is 138 g/mol. The number of amides is 1. The molecule has 1 fully saturated rings. The summed E-state index contributed by atoms with van der Waals surface area (Å²) in [6, 6.07) is 0. The molecule has 1 aliphatic carbocycles. The van der Waals surface area contributed by atoms with Crippen LogP contribution in [0, 0.1) is 11.8 Å². The van der Waals surface area contributed by atoms with Crippen molar-refractivity contribution in [1.82, 2.24) is 5.32 Å². The van der Waals surface area contributed by atoms with E-state index in [2.05, 4.69) is 11.9 Å². The minimum Gasteiger partial charge on any atom is -0.329 e. The maximum atomic E-state index is 11.2. The lowest BCUT2D eigenvalue weighted by molar-refractivity contribution is -0.121. The largest absolute Gasteiger partial charge is 0.329 e. The number of carbonyl (C=O) groups excluding carboxylic acids is 1. The molecule has 2 heteroatoms. The number of nitrogens with one attached hydrogen (secondary N) is 1. The number of allylic oxidation sites excluding steroid dienone is 3. The molecule has 2 aliphatic rings. The van der Waals surface area contributed by atoms with Gasteiger partial charge >= 0.3 is 0 Å². The van der Waals surface area contributed by atoms with Gasteiger partial charge < -0.3 is 5.32 Å². The molecule has 2 atom stereocenters. The van der Waals surface area contributed by atoms with Crippen LogP contribution in [0.5, 0.6) is 0 Å². The van der Waals surface area contributed by atoms with Crippen molar-refractivity contribution in [1.29, 1.82) is 0 Å². The molecule has 1 N–H and O–H groups in total. The van der Waals surface area contributed by atoms with Crippen LogP contribution in [-0.4, -0.2) is 5.91 Å². The van der Waals surface area contributed by atoms with E-state index < -0.39 is 0 Å². The lowest BCUT2D eigenvalue weighted by Gasteiger charge is -2.11. The van der Waals surface area contributed by atoms with Gasteiger partial charge in [0.15, 0.2) is 0 Å². The minimum atomic E-state index is -0.00694. The molecule has 0 spiro atoms. The van der Waals surface area contributed by atoms with E-state index in [1.165, 1.54) is 0 Å². The maximum Gasteiger partial charge on any atom is 0.232 e. The van der Waals surface area contributed by atoms with E-state index in [0.717, 1.165) is 5.70 Å². The van der Waals surface area contributed by atoms with Crippen molar-refractivity contribution in [2.75, 3.05) is 0 Å². The van der Waals surface area contributed by atoms with Gasteiger partial charge in [0.1, 0.15) is 0 Å². The molecule has 2 unspecified atom stereocenters. The standard InChI is InChI=1S/C9H9NO/c1-6-7-4-2-3-5-8(7)9(11)10-6/h2-5,7-8H,1H2,(H,10,11). The Hall–Kier alpha value is -1.31. The van der Waals surface area contributed by atoms with Crippen molar-refractivity contribution in [3.8, 4) is 0 Å². The zero-order chi connectivity index (χ0) is 7.84. The first kappa shape index (κ1) is 6.40. The van der Waals surface area contributed by atoms with Crippen LogP contribution >= 0.6 is 0 Å². The van der Waals surface area contributed by atoms with E-state index in [1.54, 1.807) is 0 Å². The first-order chi connectivity index (χ1) is 5.29. The molecule has 0 aromatic heterocycles. The van der Waals surface area contributed by atoms with Crippen molar-refractivity contribution in [2.24, 2.45) is 11.8 Å². The summed E-state index contributed by atoms with van der Waals surface area (Å²) in [4.78, 5) is 11.2. The van der Waals surface area contributed by atoms with Crippen molar-refractivity contribution in [3.05, 3.63) is 36.6 Å². The molecule has 2 rings (SSSR count). The summed E-state index contributed by atoms with van der Waals surface area (Å²) in [5.41, 5.74) is 0.820. The molecule has 1 amide bonds. The summed E-state index contributed by atoms with van der Waals surface area (Å²) < 4.78 is 0. The number of fused-ring (bicyclic) bond motifs is 1.